The fraction of sp³-hybridized carbons (Fsp3) is 0.448. The number of carbonyl (C=O) groups is 2. The third kappa shape index (κ3) is 4.31. The van der Waals surface area contributed by atoms with Gasteiger partial charge in [0.05, 0.1) is 18.1 Å². The molecule has 4 bridgehead atoms. The predicted molar refractivity (Wildman–Crippen MR) is 140 cm³/mol. The van der Waals surface area contributed by atoms with Crippen LogP contribution in [0.1, 0.15) is 62.1 Å². The molecular weight excluding hydrogens is 478 g/mol. The number of hydrogen-bond acceptors (Lipinski definition) is 4. The van der Waals surface area contributed by atoms with Crippen molar-refractivity contribution in [1.29, 1.82) is 0 Å². The minimum absolute atomic E-state index is 0.216. The molecule has 5 aliphatic rings. The Morgan fingerprint density at radius 2 is 1.77 bits per heavy atom. The van der Waals surface area contributed by atoms with Crippen molar-refractivity contribution < 1.29 is 14.3 Å². The van der Waals surface area contributed by atoms with Gasteiger partial charge in [-0.3, -0.25) is 14.5 Å². The van der Waals surface area contributed by atoms with Crippen LogP contribution in [0.4, 0.5) is 4.79 Å². The molecule has 7 rings (SSSR count). The molecule has 2 aromatic carbocycles. The summed E-state index contributed by atoms with van der Waals surface area (Å²) in [4.78, 5) is 27.7. The highest BCUT2D eigenvalue weighted by Crippen LogP contribution is 2.61. The Bertz CT molecular complexity index is 1190. The number of halogens is 1. The highest BCUT2D eigenvalue weighted by atomic mass is 35.5. The highest BCUT2D eigenvalue weighted by molar-refractivity contribution is 8.18. The van der Waals surface area contributed by atoms with Gasteiger partial charge in [0.25, 0.3) is 11.1 Å². The van der Waals surface area contributed by atoms with Crippen LogP contribution in [0.5, 0.6) is 5.75 Å². The van der Waals surface area contributed by atoms with Crippen LogP contribution in [0.25, 0.3) is 6.08 Å². The van der Waals surface area contributed by atoms with Crippen LogP contribution in [0.2, 0.25) is 5.02 Å². The van der Waals surface area contributed by atoms with Crippen LogP contribution in [0.15, 0.2) is 47.4 Å². The van der Waals surface area contributed by atoms with E-state index in [-0.39, 0.29) is 23.1 Å². The van der Waals surface area contributed by atoms with Gasteiger partial charge in [0.2, 0.25) is 0 Å². The highest BCUT2D eigenvalue weighted by Gasteiger charge is 2.51. The smallest absolute Gasteiger partial charge is 0.293 e. The van der Waals surface area contributed by atoms with Crippen molar-refractivity contribution in [2.75, 3.05) is 6.61 Å². The maximum atomic E-state index is 13.2. The van der Waals surface area contributed by atoms with E-state index in [2.05, 4.69) is 18.2 Å². The first kappa shape index (κ1) is 23.2. The van der Waals surface area contributed by atoms with Crippen LogP contribution in [0, 0.1) is 17.8 Å². The average Bonchev–Trinajstić information content (AvgIpc) is 3.07. The maximum absolute atomic E-state index is 13.2. The number of thioether (sulfide) groups is 1. The van der Waals surface area contributed by atoms with E-state index in [1.807, 2.05) is 25.1 Å². The molecule has 2 aromatic rings. The summed E-state index contributed by atoms with van der Waals surface area (Å²) in [5.74, 6) is 3.09. The van der Waals surface area contributed by atoms with Crippen molar-refractivity contribution in [3.63, 3.8) is 0 Å². The van der Waals surface area contributed by atoms with Gasteiger partial charge in [0.1, 0.15) is 5.75 Å². The second kappa shape index (κ2) is 9.01. The van der Waals surface area contributed by atoms with E-state index >= 15 is 0 Å². The summed E-state index contributed by atoms with van der Waals surface area (Å²) < 4.78 is 5.94. The first-order valence-electron chi connectivity index (χ1n) is 12.7. The van der Waals surface area contributed by atoms with Gasteiger partial charge >= 0.3 is 0 Å². The second-order valence-electron chi connectivity index (χ2n) is 10.8. The standard InChI is InChI=1S/C29H30ClNO3S/c1-2-34-25-7-6-23(29-14-19-8-20(15-29)10-21(9-19)16-29)12-22(25)13-26-27(32)31(28(33)35-26)17-18-4-3-5-24(30)11-18/h3-7,11-13,19-21H,2,8-10,14-17H2,1H3/b26-13-. The molecule has 4 saturated carbocycles. The lowest BCUT2D eigenvalue weighted by molar-refractivity contribution is -0.123. The molecule has 1 heterocycles. The number of ether oxygens (including phenoxy) is 1. The molecule has 0 unspecified atom stereocenters. The molecule has 5 fully saturated rings. The summed E-state index contributed by atoms with van der Waals surface area (Å²) in [5.41, 5.74) is 3.37. The monoisotopic (exact) mass is 507 g/mol. The molecule has 2 amide bonds. The number of benzene rings is 2. The SMILES string of the molecule is CCOc1ccc(C23CC4CC(CC(C4)C2)C3)cc1/C=C1\SC(=O)N(Cc2cccc(Cl)c2)C1=O. The lowest BCUT2D eigenvalue weighted by Crippen LogP contribution is -2.48. The van der Waals surface area contributed by atoms with Crippen molar-refractivity contribution in [2.24, 2.45) is 17.8 Å². The summed E-state index contributed by atoms with van der Waals surface area (Å²) in [6.07, 6.45) is 9.92. The van der Waals surface area contributed by atoms with Gasteiger partial charge < -0.3 is 4.74 Å². The Morgan fingerprint density at radius 3 is 2.43 bits per heavy atom. The number of carbonyl (C=O) groups excluding carboxylic acids is 2. The third-order valence-electron chi connectivity index (χ3n) is 8.35. The number of imide groups is 1. The Kier molecular flexibility index (Phi) is 5.96. The molecule has 0 atom stereocenters. The first-order chi connectivity index (χ1) is 16.9. The molecule has 4 nitrogen and oxygen atoms in total. The molecule has 0 N–H and O–H groups in total. The molecule has 4 aliphatic carbocycles. The van der Waals surface area contributed by atoms with Gasteiger partial charge in [-0.2, -0.15) is 0 Å². The topological polar surface area (TPSA) is 46.6 Å². The minimum Gasteiger partial charge on any atom is -0.493 e. The summed E-state index contributed by atoms with van der Waals surface area (Å²) in [7, 11) is 0. The molecule has 0 spiro atoms. The Balaban J connectivity index is 1.31. The van der Waals surface area contributed by atoms with Crippen LogP contribution < -0.4 is 4.74 Å². The average molecular weight is 508 g/mol. The van der Waals surface area contributed by atoms with E-state index in [4.69, 9.17) is 16.3 Å². The fourth-order valence-electron chi connectivity index (χ4n) is 7.34. The van der Waals surface area contributed by atoms with E-state index in [1.54, 1.807) is 12.1 Å². The molecular formula is C29H30ClNO3S. The Morgan fingerprint density at radius 1 is 1.06 bits per heavy atom. The van der Waals surface area contributed by atoms with Gasteiger partial charge in [-0.1, -0.05) is 29.8 Å². The van der Waals surface area contributed by atoms with Crippen molar-refractivity contribution >= 4 is 40.6 Å². The third-order valence-corrected chi connectivity index (χ3v) is 9.49. The van der Waals surface area contributed by atoms with Gasteiger partial charge in [-0.15, -0.1) is 0 Å². The van der Waals surface area contributed by atoms with E-state index in [1.165, 1.54) is 49.0 Å². The maximum Gasteiger partial charge on any atom is 0.293 e. The predicted octanol–water partition coefficient (Wildman–Crippen LogP) is 7.44. The van der Waals surface area contributed by atoms with Gasteiger partial charge in [-0.25, -0.2) is 0 Å². The van der Waals surface area contributed by atoms with Crippen LogP contribution in [-0.4, -0.2) is 22.7 Å². The molecule has 35 heavy (non-hydrogen) atoms. The van der Waals surface area contributed by atoms with Crippen molar-refractivity contribution in [2.45, 2.75) is 57.4 Å². The lowest BCUT2D eigenvalue weighted by atomic mass is 9.48. The zero-order valence-corrected chi connectivity index (χ0v) is 21.5. The van der Waals surface area contributed by atoms with Gasteiger partial charge in [0.15, 0.2) is 0 Å². The quantitative estimate of drug-likeness (QED) is 0.381. The molecule has 182 valence electrons. The van der Waals surface area contributed by atoms with Gasteiger partial charge in [0, 0.05) is 10.6 Å². The van der Waals surface area contributed by atoms with E-state index in [0.29, 0.717) is 16.5 Å². The number of rotatable bonds is 6. The summed E-state index contributed by atoms with van der Waals surface area (Å²) >= 11 is 7.10. The molecule has 0 aromatic heterocycles. The lowest BCUT2D eigenvalue weighted by Gasteiger charge is -2.57. The van der Waals surface area contributed by atoms with E-state index in [9.17, 15) is 9.59 Å². The van der Waals surface area contributed by atoms with Crippen molar-refractivity contribution in [3.05, 3.63) is 69.1 Å². The molecule has 1 saturated heterocycles. The van der Waals surface area contributed by atoms with Crippen molar-refractivity contribution in [1.82, 2.24) is 4.90 Å². The summed E-state index contributed by atoms with van der Waals surface area (Å²) in [6.45, 7) is 2.73. The first-order valence-corrected chi connectivity index (χ1v) is 13.9. The molecule has 6 heteroatoms. The van der Waals surface area contributed by atoms with Crippen LogP contribution in [-0.2, 0) is 16.8 Å². The number of amides is 2. The number of hydrogen-bond donors (Lipinski definition) is 0. The zero-order valence-electron chi connectivity index (χ0n) is 20.0. The number of nitrogens with zero attached hydrogens (tertiary/aromatic N) is 1. The Labute approximate surface area is 216 Å². The van der Waals surface area contributed by atoms with E-state index < -0.39 is 0 Å². The molecule has 0 radical (unpaired) electrons. The van der Waals surface area contributed by atoms with Gasteiger partial charge in [-0.05, 0) is 122 Å². The minimum atomic E-state index is -0.261. The second-order valence-corrected chi connectivity index (χ2v) is 12.2. The fourth-order valence-corrected chi connectivity index (χ4v) is 8.38. The van der Waals surface area contributed by atoms with E-state index in [0.717, 1.165) is 46.4 Å². The largest absolute Gasteiger partial charge is 0.493 e. The summed E-state index contributed by atoms with van der Waals surface area (Å²) in [6, 6.07) is 13.8. The Hall–Kier alpha value is -2.24. The zero-order chi connectivity index (χ0) is 24.2. The summed E-state index contributed by atoms with van der Waals surface area (Å²) in [5, 5.41) is 0.337. The van der Waals surface area contributed by atoms with Crippen molar-refractivity contribution in [3.8, 4) is 5.75 Å². The van der Waals surface area contributed by atoms with Crippen LogP contribution >= 0.6 is 23.4 Å². The van der Waals surface area contributed by atoms with Crippen LogP contribution in [0.3, 0.4) is 0 Å². The molecule has 1 aliphatic heterocycles. The normalized spacial score (nSPS) is 30.5.